The zero-order valence-corrected chi connectivity index (χ0v) is 10.2. The summed E-state index contributed by atoms with van der Waals surface area (Å²) < 4.78 is 5.73. The molecule has 1 saturated carbocycles. The topological polar surface area (TPSA) is 59.4 Å². The summed E-state index contributed by atoms with van der Waals surface area (Å²) in [5.41, 5.74) is 1.88. The average molecular weight is 255 g/mol. The fourth-order valence-electron chi connectivity index (χ4n) is 1.84. The van der Waals surface area contributed by atoms with Crippen molar-refractivity contribution in [3.63, 3.8) is 0 Å². The highest BCUT2D eigenvalue weighted by molar-refractivity contribution is 5.88. The van der Waals surface area contributed by atoms with Crippen LogP contribution < -0.4 is 4.74 Å². The Morgan fingerprint density at radius 2 is 2.05 bits per heavy atom. The third-order valence-electron chi connectivity index (χ3n) is 2.98. The maximum absolute atomic E-state index is 10.9. The molecule has 0 atom stereocenters. The van der Waals surface area contributed by atoms with Crippen LogP contribution in [0.1, 0.15) is 23.2 Å². The molecule has 2 aromatic rings. The third kappa shape index (κ3) is 2.73. The van der Waals surface area contributed by atoms with Gasteiger partial charge in [0.1, 0.15) is 5.75 Å². The molecule has 0 amide bonds. The number of hydrogen-bond donors (Lipinski definition) is 1. The Balaban J connectivity index is 1.91. The van der Waals surface area contributed by atoms with E-state index in [1.54, 1.807) is 12.3 Å². The Kier molecular flexibility index (Phi) is 2.91. The number of ether oxygens (including phenoxy) is 1. The van der Waals surface area contributed by atoms with Gasteiger partial charge in [0, 0.05) is 18.0 Å². The molecular formula is C15H13NO3. The van der Waals surface area contributed by atoms with E-state index < -0.39 is 5.97 Å². The Hall–Kier alpha value is -2.36. The minimum absolute atomic E-state index is 0.186. The predicted molar refractivity (Wildman–Crippen MR) is 70.3 cm³/mol. The lowest BCUT2D eigenvalue weighted by Crippen LogP contribution is -1.98. The number of carboxylic acids is 1. The summed E-state index contributed by atoms with van der Waals surface area (Å²) in [7, 11) is 0. The van der Waals surface area contributed by atoms with Gasteiger partial charge in [0.05, 0.1) is 11.7 Å². The molecule has 3 rings (SSSR count). The molecule has 1 aliphatic rings. The van der Waals surface area contributed by atoms with Crippen LogP contribution in [-0.4, -0.2) is 22.2 Å². The van der Waals surface area contributed by atoms with Crippen molar-refractivity contribution >= 4 is 5.97 Å². The van der Waals surface area contributed by atoms with E-state index in [1.807, 2.05) is 24.3 Å². The van der Waals surface area contributed by atoms with Crippen molar-refractivity contribution in [1.29, 1.82) is 0 Å². The van der Waals surface area contributed by atoms with E-state index >= 15 is 0 Å². The minimum atomic E-state index is -0.972. The number of aromatic carboxylic acids is 1. The third-order valence-corrected chi connectivity index (χ3v) is 2.98. The van der Waals surface area contributed by atoms with Crippen LogP contribution in [0.5, 0.6) is 5.75 Å². The van der Waals surface area contributed by atoms with E-state index in [2.05, 4.69) is 4.98 Å². The molecule has 0 aliphatic heterocycles. The lowest BCUT2D eigenvalue weighted by Gasteiger charge is -2.07. The molecule has 1 aromatic heterocycles. The smallest absolute Gasteiger partial charge is 0.337 e. The van der Waals surface area contributed by atoms with Crippen LogP contribution in [-0.2, 0) is 0 Å². The van der Waals surface area contributed by atoms with Gasteiger partial charge < -0.3 is 9.84 Å². The summed E-state index contributed by atoms with van der Waals surface area (Å²) in [5.74, 6) is -0.152. The number of benzene rings is 1. The molecule has 1 aromatic carbocycles. The summed E-state index contributed by atoms with van der Waals surface area (Å²) >= 11 is 0. The predicted octanol–water partition coefficient (Wildman–Crippen LogP) is 2.99. The quantitative estimate of drug-likeness (QED) is 0.912. The first-order valence-electron chi connectivity index (χ1n) is 6.18. The number of hydrogen-bond acceptors (Lipinski definition) is 3. The second-order valence-electron chi connectivity index (χ2n) is 4.61. The largest absolute Gasteiger partial charge is 0.490 e. The molecule has 4 heteroatoms. The highest BCUT2D eigenvalue weighted by Gasteiger charge is 2.23. The maximum atomic E-state index is 10.9. The van der Waals surface area contributed by atoms with Crippen LogP contribution in [0.2, 0.25) is 0 Å². The lowest BCUT2D eigenvalue weighted by atomic mass is 10.1. The van der Waals surface area contributed by atoms with Gasteiger partial charge in [-0.15, -0.1) is 0 Å². The molecule has 0 spiro atoms. The van der Waals surface area contributed by atoms with Crippen LogP contribution in [0.25, 0.3) is 11.1 Å². The van der Waals surface area contributed by atoms with Crippen molar-refractivity contribution < 1.29 is 14.6 Å². The molecular weight excluding hydrogens is 242 g/mol. The molecule has 19 heavy (non-hydrogen) atoms. The van der Waals surface area contributed by atoms with Crippen LogP contribution in [0.4, 0.5) is 0 Å². The number of nitrogens with zero attached hydrogens (tertiary/aromatic N) is 1. The van der Waals surface area contributed by atoms with E-state index in [4.69, 9.17) is 9.84 Å². The molecule has 0 bridgehead atoms. The number of aromatic nitrogens is 1. The average Bonchev–Trinajstić information content (AvgIpc) is 3.23. The van der Waals surface area contributed by atoms with Gasteiger partial charge in [-0.1, -0.05) is 12.1 Å². The Morgan fingerprint density at radius 1 is 1.21 bits per heavy atom. The van der Waals surface area contributed by atoms with Gasteiger partial charge in [-0.25, -0.2) is 4.79 Å². The van der Waals surface area contributed by atoms with E-state index in [1.165, 1.54) is 6.20 Å². The summed E-state index contributed by atoms with van der Waals surface area (Å²) in [6.07, 6.45) is 5.57. The summed E-state index contributed by atoms with van der Waals surface area (Å²) in [5, 5.41) is 8.97. The first-order chi connectivity index (χ1) is 9.22. The second kappa shape index (κ2) is 4.72. The molecule has 0 saturated heterocycles. The van der Waals surface area contributed by atoms with E-state index in [0.29, 0.717) is 6.10 Å². The van der Waals surface area contributed by atoms with Crippen molar-refractivity contribution in [2.24, 2.45) is 0 Å². The fourth-order valence-corrected chi connectivity index (χ4v) is 1.84. The molecule has 0 radical (unpaired) electrons. The molecule has 1 heterocycles. The number of rotatable bonds is 4. The van der Waals surface area contributed by atoms with Gasteiger partial charge in [-0.2, -0.15) is 0 Å². The first kappa shape index (κ1) is 11.7. The SMILES string of the molecule is O=C(O)c1cncc(-c2cccc(OC3CC3)c2)c1. The van der Waals surface area contributed by atoms with Gasteiger partial charge in [-0.05, 0) is 36.6 Å². The van der Waals surface area contributed by atoms with Gasteiger partial charge in [-0.3, -0.25) is 4.98 Å². The standard InChI is InChI=1S/C15H13NO3/c17-15(18)12-6-11(8-16-9-12)10-2-1-3-14(7-10)19-13-4-5-13/h1-3,6-9,13H,4-5H2,(H,17,18). The molecule has 0 unspecified atom stereocenters. The summed E-state index contributed by atoms with van der Waals surface area (Å²) in [6.45, 7) is 0. The fraction of sp³-hybridized carbons (Fsp3) is 0.200. The summed E-state index contributed by atoms with van der Waals surface area (Å²) in [6, 6.07) is 9.27. The zero-order chi connectivity index (χ0) is 13.2. The monoisotopic (exact) mass is 255 g/mol. The van der Waals surface area contributed by atoms with Crippen molar-refractivity contribution in [3.05, 3.63) is 48.3 Å². The van der Waals surface area contributed by atoms with Crippen LogP contribution >= 0.6 is 0 Å². The molecule has 96 valence electrons. The normalized spacial score (nSPS) is 14.1. The van der Waals surface area contributed by atoms with Crippen LogP contribution in [0, 0.1) is 0 Å². The van der Waals surface area contributed by atoms with Crippen LogP contribution in [0.15, 0.2) is 42.7 Å². The molecule has 1 aliphatic carbocycles. The van der Waals surface area contributed by atoms with Crippen molar-refractivity contribution in [2.45, 2.75) is 18.9 Å². The van der Waals surface area contributed by atoms with Crippen LogP contribution in [0.3, 0.4) is 0 Å². The van der Waals surface area contributed by atoms with Crippen molar-refractivity contribution in [1.82, 2.24) is 4.98 Å². The van der Waals surface area contributed by atoms with Gasteiger partial charge in [0.25, 0.3) is 0 Å². The highest BCUT2D eigenvalue weighted by atomic mass is 16.5. The Morgan fingerprint density at radius 3 is 2.79 bits per heavy atom. The highest BCUT2D eigenvalue weighted by Crippen LogP contribution is 2.29. The number of pyridine rings is 1. The molecule has 1 N–H and O–H groups in total. The minimum Gasteiger partial charge on any atom is -0.490 e. The zero-order valence-electron chi connectivity index (χ0n) is 10.2. The van der Waals surface area contributed by atoms with E-state index in [9.17, 15) is 4.79 Å². The van der Waals surface area contributed by atoms with Gasteiger partial charge in [0.2, 0.25) is 0 Å². The Labute approximate surface area is 110 Å². The van der Waals surface area contributed by atoms with Crippen molar-refractivity contribution in [3.8, 4) is 16.9 Å². The maximum Gasteiger partial charge on any atom is 0.337 e. The number of carbonyl (C=O) groups is 1. The second-order valence-corrected chi connectivity index (χ2v) is 4.61. The number of carboxylic acid groups (broad SMARTS) is 1. The first-order valence-corrected chi connectivity index (χ1v) is 6.18. The Bertz CT molecular complexity index is 620. The van der Waals surface area contributed by atoms with Crippen molar-refractivity contribution in [2.75, 3.05) is 0 Å². The molecule has 1 fully saturated rings. The molecule has 4 nitrogen and oxygen atoms in total. The van der Waals surface area contributed by atoms with E-state index in [-0.39, 0.29) is 5.56 Å². The van der Waals surface area contributed by atoms with Gasteiger partial charge in [0.15, 0.2) is 0 Å². The van der Waals surface area contributed by atoms with Gasteiger partial charge >= 0.3 is 5.97 Å². The van der Waals surface area contributed by atoms with E-state index in [0.717, 1.165) is 29.7 Å². The lowest BCUT2D eigenvalue weighted by molar-refractivity contribution is 0.0696. The summed E-state index contributed by atoms with van der Waals surface area (Å²) in [4.78, 5) is 14.9.